The highest BCUT2D eigenvalue weighted by Crippen LogP contribution is 2.49. The molecule has 15 heavy (non-hydrogen) atoms. The number of aromatic nitrogens is 2. The maximum atomic E-state index is 6.04. The molecular formula is C10H6Cl2N2S. The van der Waals surface area contributed by atoms with E-state index in [1.165, 1.54) is 0 Å². The van der Waals surface area contributed by atoms with Crippen LogP contribution in [0.2, 0.25) is 10.4 Å². The number of hydrogen-bond acceptors (Lipinski definition) is 3. The second-order valence-corrected chi connectivity index (χ2v) is 5.26. The van der Waals surface area contributed by atoms with Gasteiger partial charge in [-0.3, -0.25) is 0 Å². The Hall–Kier alpha value is -0.510. The summed E-state index contributed by atoms with van der Waals surface area (Å²) in [5.74, 6) is 0.285. The van der Waals surface area contributed by atoms with Gasteiger partial charge in [0.1, 0.15) is 5.15 Å². The first-order chi connectivity index (χ1) is 7.25. The van der Waals surface area contributed by atoms with Gasteiger partial charge in [-0.05, 0) is 11.6 Å². The Morgan fingerprint density at radius 1 is 1.13 bits per heavy atom. The summed E-state index contributed by atoms with van der Waals surface area (Å²) < 4.78 is 0. The van der Waals surface area contributed by atoms with Crippen LogP contribution in [0.5, 0.6) is 0 Å². The molecule has 0 saturated heterocycles. The average molecular weight is 257 g/mol. The molecule has 1 aromatic rings. The van der Waals surface area contributed by atoms with Crippen molar-refractivity contribution in [2.45, 2.75) is 16.1 Å². The van der Waals surface area contributed by atoms with Gasteiger partial charge in [0, 0.05) is 11.2 Å². The Labute approximate surface area is 101 Å². The molecule has 1 aliphatic carbocycles. The Bertz CT molecular complexity index is 485. The molecule has 0 fully saturated rings. The third-order valence-corrected chi connectivity index (χ3v) is 4.39. The van der Waals surface area contributed by atoms with Crippen molar-refractivity contribution in [1.82, 2.24) is 9.97 Å². The molecule has 2 nitrogen and oxygen atoms in total. The molecule has 2 atom stereocenters. The molecule has 0 bridgehead atoms. The van der Waals surface area contributed by atoms with Gasteiger partial charge in [-0.15, -0.1) is 11.8 Å². The first kappa shape index (κ1) is 9.70. The number of nitrogens with zero attached hydrogens (tertiary/aromatic N) is 2. The first-order valence-electron chi connectivity index (χ1n) is 4.50. The van der Waals surface area contributed by atoms with Crippen molar-refractivity contribution in [3.63, 3.8) is 0 Å². The minimum atomic E-state index is 0.225. The van der Waals surface area contributed by atoms with Crippen LogP contribution in [0, 0.1) is 0 Å². The molecule has 0 N–H and O–H groups in total. The molecule has 0 amide bonds. The Morgan fingerprint density at radius 3 is 2.80 bits per heavy atom. The molecule has 76 valence electrons. The van der Waals surface area contributed by atoms with Crippen LogP contribution in [0.25, 0.3) is 0 Å². The zero-order valence-electron chi connectivity index (χ0n) is 7.52. The van der Waals surface area contributed by atoms with E-state index in [0.717, 1.165) is 10.6 Å². The highest BCUT2D eigenvalue weighted by atomic mass is 35.5. The Morgan fingerprint density at radius 2 is 1.93 bits per heavy atom. The molecular weight excluding hydrogens is 251 g/mol. The van der Waals surface area contributed by atoms with Gasteiger partial charge in [-0.1, -0.05) is 35.9 Å². The normalized spacial score (nSPS) is 26.5. The predicted octanol–water partition coefficient (Wildman–Crippen LogP) is 3.47. The summed E-state index contributed by atoms with van der Waals surface area (Å²) in [5, 5.41) is 1.07. The quantitative estimate of drug-likeness (QED) is 0.525. The molecule has 2 aliphatic rings. The molecule has 0 radical (unpaired) electrons. The summed E-state index contributed by atoms with van der Waals surface area (Å²) in [6.07, 6.45) is 8.36. The largest absolute Gasteiger partial charge is 0.224 e. The standard InChI is InChI=1S/C10H6Cl2N2S/c11-9-8-7(13-10(12)14-9)5-3-1-2-4-6(5)15-8/h1-6H. The second-order valence-electron chi connectivity index (χ2n) is 3.38. The number of halogens is 2. The number of fused-ring (bicyclic) bond motifs is 3. The van der Waals surface area contributed by atoms with Crippen LogP contribution in [-0.2, 0) is 0 Å². The molecule has 2 heterocycles. The minimum absolute atomic E-state index is 0.225. The van der Waals surface area contributed by atoms with Gasteiger partial charge >= 0.3 is 0 Å². The van der Waals surface area contributed by atoms with Gasteiger partial charge in [0.05, 0.1) is 10.6 Å². The second kappa shape index (κ2) is 3.51. The third-order valence-electron chi connectivity index (χ3n) is 2.48. The maximum absolute atomic E-state index is 6.04. The number of thioether (sulfide) groups is 1. The van der Waals surface area contributed by atoms with Crippen molar-refractivity contribution >= 4 is 35.0 Å². The van der Waals surface area contributed by atoms with E-state index >= 15 is 0 Å². The molecule has 3 rings (SSSR count). The Balaban J connectivity index is 2.17. The maximum Gasteiger partial charge on any atom is 0.224 e. The van der Waals surface area contributed by atoms with Crippen LogP contribution in [0.4, 0.5) is 0 Å². The summed E-state index contributed by atoms with van der Waals surface area (Å²) in [7, 11) is 0. The predicted molar refractivity (Wildman–Crippen MR) is 62.7 cm³/mol. The van der Waals surface area contributed by atoms with Gasteiger partial charge in [0.2, 0.25) is 5.28 Å². The van der Waals surface area contributed by atoms with E-state index in [4.69, 9.17) is 23.2 Å². The topological polar surface area (TPSA) is 25.8 Å². The zero-order valence-corrected chi connectivity index (χ0v) is 9.85. The lowest BCUT2D eigenvalue weighted by molar-refractivity contribution is 0.824. The van der Waals surface area contributed by atoms with Crippen molar-refractivity contribution in [1.29, 1.82) is 0 Å². The summed E-state index contributed by atoms with van der Waals surface area (Å²) in [5.41, 5.74) is 0.954. The van der Waals surface area contributed by atoms with E-state index in [-0.39, 0.29) is 11.2 Å². The monoisotopic (exact) mass is 256 g/mol. The van der Waals surface area contributed by atoms with E-state index in [1.807, 2.05) is 12.2 Å². The van der Waals surface area contributed by atoms with Crippen LogP contribution in [0.3, 0.4) is 0 Å². The summed E-state index contributed by atoms with van der Waals surface area (Å²) in [4.78, 5) is 9.18. The van der Waals surface area contributed by atoms with Crippen LogP contribution >= 0.6 is 35.0 Å². The average Bonchev–Trinajstić information content (AvgIpc) is 2.57. The van der Waals surface area contributed by atoms with Gasteiger partial charge in [-0.2, -0.15) is 0 Å². The van der Waals surface area contributed by atoms with Crippen molar-refractivity contribution < 1.29 is 0 Å². The molecule has 0 spiro atoms. The van der Waals surface area contributed by atoms with Crippen molar-refractivity contribution in [2.24, 2.45) is 0 Å². The zero-order chi connectivity index (χ0) is 10.4. The molecule has 1 aromatic heterocycles. The smallest absolute Gasteiger partial charge is 0.221 e. The number of rotatable bonds is 0. The first-order valence-corrected chi connectivity index (χ1v) is 6.14. The molecule has 2 unspecified atom stereocenters. The molecule has 1 aliphatic heterocycles. The summed E-state index contributed by atoms with van der Waals surface area (Å²) >= 11 is 13.5. The fourth-order valence-corrected chi connectivity index (χ4v) is 3.61. The highest BCUT2D eigenvalue weighted by Gasteiger charge is 2.34. The van der Waals surface area contributed by atoms with E-state index in [0.29, 0.717) is 10.4 Å². The molecule has 0 saturated carbocycles. The van der Waals surface area contributed by atoms with E-state index < -0.39 is 0 Å². The number of allylic oxidation sites excluding steroid dienone is 3. The van der Waals surface area contributed by atoms with Crippen LogP contribution in [-0.4, -0.2) is 15.2 Å². The lowest BCUT2D eigenvalue weighted by Crippen LogP contribution is -2.08. The van der Waals surface area contributed by atoms with Crippen LogP contribution < -0.4 is 0 Å². The third kappa shape index (κ3) is 1.50. The van der Waals surface area contributed by atoms with Crippen molar-refractivity contribution in [3.05, 3.63) is 40.4 Å². The van der Waals surface area contributed by atoms with Crippen molar-refractivity contribution in [2.75, 3.05) is 0 Å². The van der Waals surface area contributed by atoms with E-state index in [1.54, 1.807) is 11.8 Å². The minimum Gasteiger partial charge on any atom is -0.221 e. The molecule has 0 aromatic carbocycles. The van der Waals surface area contributed by atoms with E-state index in [9.17, 15) is 0 Å². The molecule has 5 heteroatoms. The highest BCUT2D eigenvalue weighted by molar-refractivity contribution is 8.00. The van der Waals surface area contributed by atoms with E-state index in [2.05, 4.69) is 22.1 Å². The van der Waals surface area contributed by atoms with Gasteiger partial charge in [0.15, 0.2) is 0 Å². The van der Waals surface area contributed by atoms with Gasteiger partial charge in [-0.25, -0.2) is 9.97 Å². The summed E-state index contributed by atoms with van der Waals surface area (Å²) in [6.45, 7) is 0. The van der Waals surface area contributed by atoms with Gasteiger partial charge < -0.3 is 0 Å². The fourth-order valence-electron chi connectivity index (χ4n) is 1.83. The van der Waals surface area contributed by atoms with Crippen LogP contribution in [0.1, 0.15) is 11.6 Å². The Kier molecular flexibility index (Phi) is 2.27. The van der Waals surface area contributed by atoms with Gasteiger partial charge in [0.25, 0.3) is 0 Å². The lowest BCUT2D eigenvalue weighted by Gasteiger charge is -2.13. The number of hydrogen-bond donors (Lipinski definition) is 0. The van der Waals surface area contributed by atoms with Crippen LogP contribution in [0.15, 0.2) is 29.2 Å². The fraction of sp³-hybridized carbons (Fsp3) is 0.200. The lowest BCUT2D eigenvalue weighted by atomic mass is 9.97. The summed E-state index contributed by atoms with van der Waals surface area (Å²) in [6, 6.07) is 0. The SMILES string of the molecule is Clc1nc(Cl)c2c(n1)C1C=CC=CC1S2. The van der Waals surface area contributed by atoms with Crippen molar-refractivity contribution in [3.8, 4) is 0 Å².